The van der Waals surface area contributed by atoms with E-state index in [1.54, 1.807) is 0 Å². The maximum absolute atomic E-state index is 13.0. The summed E-state index contributed by atoms with van der Waals surface area (Å²) in [6.45, 7) is 8.74. The molecule has 1 atom stereocenters. The molecule has 3 heterocycles. The first-order valence-corrected chi connectivity index (χ1v) is 9.91. The fraction of sp³-hybridized carbons (Fsp3) is 0.500. The van der Waals surface area contributed by atoms with Crippen molar-refractivity contribution in [1.82, 2.24) is 19.6 Å². The third-order valence-corrected chi connectivity index (χ3v) is 5.84. The van der Waals surface area contributed by atoms with E-state index >= 15 is 0 Å². The summed E-state index contributed by atoms with van der Waals surface area (Å²) in [4.78, 5) is 17.3. The molecule has 0 N–H and O–H groups in total. The summed E-state index contributed by atoms with van der Waals surface area (Å²) in [6.07, 6.45) is 0.934. The van der Waals surface area contributed by atoms with Crippen LogP contribution in [0, 0.1) is 6.92 Å². The number of fused-ring (bicyclic) bond motifs is 1. The lowest BCUT2D eigenvalue weighted by Crippen LogP contribution is -2.49. The zero-order chi connectivity index (χ0) is 19.0. The molecule has 4 rings (SSSR count). The molecule has 2 aromatic rings. The molecule has 7 heteroatoms. The topological polar surface area (TPSA) is 50.6 Å². The van der Waals surface area contributed by atoms with E-state index in [4.69, 9.17) is 16.3 Å². The number of rotatable bonds is 3. The summed E-state index contributed by atoms with van der Waals surface area (Å²) >= 11 is 5.99. The van der Waals surface area contributed by atoms with E-state index in [0.29, 0.717) is 31.4 Å². The third kappa shape index (κ3) is 3.56. The summed E-state index contributed by atoms with van der Waals surface area (Å²) in [6, 6.07) is 8.30. The Morgan fingerprint density at radius 3 is 2.52 bits per heavy atom. The third-order valence-electron chi connectivity index (χ3n) is 5.59. The van der Waals surface area contributed by atoms with Gasteiger partial charge in [-0.15, -0.1) is 0 Å². The lowest BCUT2D eigenvalue weighted by Gasteiger charge is -2.38. The van der Waals surface area contributed by atoms with Crippen LogP contribution in [0.15, 0.2) is 24.3 Å². The van der Waals surface area contributed by atoms with Crippen LogP contribution < -0.4 is 4.74 Å². The second-order valence-electron chi connectivity index (χ2n) is 7.26. The van der Waals surface area contributed by atoms with Crippen LogP contribution in [0.3, 0.4) is 0 Å². The van der Waals surface area contributed by atoms with Gasteiger partial charge in [0, 0.05) is 55.8 Å². The van der Waals surface area contributed by atoms with Gasteiger partial charge in [0.2, 0.25) is 5.88 Å². The van der Waals surface area contributed by atoms with E-state index in [9.17, 15) is 4.79 Å². The smallest absolute Gasteiger partial charge is 0.274 e. The van der Waals surface area contributed by atoms with Crippen LogP contribution in [0.25, 0.3) is 0 Å². The van der Waals surface area contributed by atoms with Gasteiger partial charge in [-0.1, -0.05) is 23.7 Å². The van der Waals surface area contributed by atoms with Crippen molar-refractivity contribution in [2.75, 3.05) is 32.8 Å². The number of benzene rings is 1. The fourth-order valence-electron chi connectivity index (χ4n) is 3.87. The van der Waals surface area contributed by atoms with Crippen molar-refractivity contribution < 1.29 is 9.53 Å². The molecule has 27 heavy (non-hydrogen) atoms. The van der Waals surface area contributed by atoms with Crippen molar-refractivity contribution in [3.8, 4) is 5.88 Å². The van der Waals surface area contributed by atoms with E-state index in [-0.39, 0.29) is 5.91 Å². The Morgan fingerprint density at radius 2 is 1.85 bits per heavy atom. The molecular formula is C20H25ClN4O2. The van der Waals surface area contributed by atoms with Gasteiger partial charge in [-0.25, -0.2) is 4.68 Å². The largest absolute Gasteiger partial charge is 0.478 e. The number of piperazine rings is 1. The lowest BCUT2D eigenvalue weighted by atomic mass is 10.1. The molecule has 0 radical (unpaired) electrons. The molecule has 0 saturated carbocycles. The number of hydrogen-bond donors (Lipinski definition) is 0. The van der Waals surface area contributed by atoms with E-state index in [1.165, 1.54) is 5.56 Å². The van der Waals surface area contributed by atoms with Crippen molar-refractivity contribution in [3.63, 3.8) is 0 Å². The summed E-state index contributed by atoms with van der Waals surface area (Å²) < 4.78 is 7.51. The Balaban J connectivity index is 1.41. The number of aromatic nitrogens is 2. The zero-order valence-corrected chi connectivity index (χ0v) is 16.6. The van der Waals surface area contributed by atoms with Crippen molar-refractivity contribution in [1.29, 1.82) is 0 Å². The molecule has 1 aromatic heterocycles. The van der Waals surface area contributed by atoms with E-state index in [1.807, 2.05) is 28.6 Å². The number of carbonyl (C=O) groups excluding carboxylic acids is 1. The molecule has 2 aliphatic heterocycles. The summed E-state index contributed by atoms with van der Waals surface area (Å²) in [5, 5.41) is 5.26. The van der Waals surface area contributed by atoms with Crippen molar-refractivity contribution in [3.05, 3.63) is 46.1 Å². The summed E-state index contributed by atoms with van der Waals surface area (Å²) in [5.41, 5.74) is 2.64. The van der Waals surface area contributed by atoms with Gasteiger partial charge < -0.3 is 9.64 Å². The van der Waals surface area contributed by atoms with Crippen LogP contribution in [0.1, 0.15) is 41.0 Å². The second-order valence-corrected chi connectivity index (χ2v) is 7.70. The molecule has 6 nitrogen and oxygen atoms in total. The van der Waals surface area contributed by atoms with Crippen LogP contribution in [0.2, 0.25) is 5.02 Å². The lowest BCUT2D eigenvalue weighted by molar-refractivity contribution is 0.0575. The highest BCUT2D eigenvalue weighted by Gasteiger charge is 2.30. The number of hydrogen-bond acceptors (Lipinski definition) is 4. The molecule has 1 amide bonds. The van der Waals surface area contributed by atoms with E-state index < -0.39 is 0 Å². The molecule has 0 aliphatic carbocycles. The van der Waals surface area contributed by atoms with Crippen LogP contribution in [-0.2, 0) is 6.54 Å². The number of carbonyl (C=O) groups is 1. The van der Waals surface area contributed by atoms with Crippen LogP contribution in [0.4, 0.5) is 0 Å². The highest BCUT2D eigenvalue weighted by Crippen LogP contribution is 2.27. The van der Waals surface area contributed by atoms with Crippen LogP contribution >= 0.6 is 11.6 Å². The number of halogens is 1. The van der Waals surface area contributed by atoms with Gasteiger partial charge in [0.1, 0.15) is 0 Å². The maximum atomic E-state index is 13.0. The Bertz CT molecular complexity index is 825. The van der Waals surface area contributed by atoms with Crippen molar-refractivity contribution in [2.24, 2.45) is 0 Å². The quantitative estimate of drug-likeness (QED) is 0.810. The fourth-order valence-corrected chi connectivity index (χ4v) is 4.00. The Labute approximate surface area is 164 Å². The minimum atomic E-state index is 0.0109. The molecule has 2 aliphatic rings. The number of nitrogens with zero attached hydrogens (tertiary/aromatic N) is 4. The molecule has 0 unspecified atom stereocenters. The average molecular weight is 389 g/mol. The van der Waals surface area contributed by atoms with E-state index in [0.717, 1.165) is 42.5 Å². The summed E-state index contributed by atoms with van der Waals surface area (Å²) in [5.74, 6) is 0.761. The van der Waals surface area contributed by atoms with Gasteiger partial charge in [-0.2, -0.15) is 5.10 Å². The number of aryl methyl sites for hydroxylation is 1. The SMILES string of the molecule is Cc1c(C(=O)N2CCN([C@@H](C)c3ccc(Cl)cc3)CC2)nn2c1OCCC2. The van der Waals surface area contributed by atoms with Crippen molar-refractivity contribution in [2.45, 2.75) is 32.9 Å². The van der Waals surface area contributed by atoms with Gasteiger partial charge in [0.15, 0.2) is 5.69 Å². The normalized spacial score (nSPS) is 18.7. The monoisotopic (exact) mass is 388 g/mol. The Morgan fingerprint density at radius 1 is 1.15 bits per heavy atom. The van der Waals surface area contributed by atoms with Gasteiger partial charge in [0.05, 0.1) is 6.61 Å². The molecule has 1 aromatic carbocycles. The molecular weight excluding hydrogens is 364 g/mol. The van der Waals surface area contributed by atoms with E-state index in [2.05, 4.69) is 29.1 Å². The standard InChI is InChI=1S/C20H25ClN4O2/c1-14-18(22-25-8-3-13-27-20(14)25)19(26)24-11-9-23(10-12-24)15(2)16-4-6-17(21)7-5-16/h4-7,15H,3,8-13H2,1-2H3/t15-/m0/s1. The Kier molecular flexibility index (Phi) is 5.10. The number of amides is 1. The minimum absolute atomic E-state index is 0.0109. The first kappa shape index (κ1) is 18.3. The first-order valence-electron chi connectivity index (χ1n) is 9.53. The summed E-state index contributed by atoms with van der Waals surface area (Å²) in [7, 11) is 0. The Hall–Kier alpha value is -2.05. The molecule has 0 spiro atoms. The van der Waals surface area contributed by atoms with Gasteiger partial charge in [0.25, 0.3) is 5.91 Å². The predicted octanol–water partition coefficient (Wildman–Crippen LogP) is 3.15. The van der Waals surface area contributed by atoms with Crippen LogP contribution in [-0.4, -0.2) is 58.3 Å². The molecule has 1 saturated heterocycles. The predicted molar refractivity (Wildman–Crippen MR) is 104 cm³/mol. The molecule has 0 bridgehead atoms. The van der Waals surface area contributed by atoms with Gasteiger partial charge >= 0.3 is 0 Å². The molecule has 1 fully saturated rings. The van der Waals surface area contributed by atoms with Crippen molar-refractivity contribution >= 4 is 17.5 Å². The highest BCUT2D eigenvalue weighted by molar-refractivity contribution is 6.30. The average Bonchev–Trinajstić information content (AvgIpc) is 3.04. The van der Waals surface area contributed by atoms with Gasteiger partial charge in [-0.05, 0) is 31.5 Å². The highest BCUT2D eigenvalue weighted by atomic mass is 35.5. The second kappa shape index (κ2) is 7.52. The zero-order valence-electron chi connectivity index (χ0n) is 15.8. The maximum Gasteiger partial charge on any atom is 0.274 e. The van der Waals surface area contributed by atoms with Gasteiger partial charge in [-0.3, -0.25) is 9.69 Å². The first-order chi connectivity index (χ1) is 13.0. The van der Waals surface area contributed by atoms with Crippen LogP contribution in [0.5, 0.6) is 5.88 Å². The minimum Gasteiger partial charge on any atom is -0.478 e. The number of ether oxygens (including phenoxy) is 1. The molecule has 144 valence electrons.